The lowest BCUT2D eigenvalue weighted by Gasteiger charge is -2.16. The molecule has 2 aliphatic carbocycles. The van der Waals surface area contributed by atoms with Crippen LogP contribution >= 0.6 is 0 Å². The van der Waals surface area contributed by atoms with Gasteiger partial charge < -0.3 is 11.1 Å². The Morgan fingerprint density at radius 3 is 2.50 bits per heavy atom. The fraction of sp³-hybridized carbons (Fsp3) is 0.600. The summed E-state index contributed by atoms with van der Waals surface area (Å²) in [4.78, 5) is 0. The minimum atomic E-state index is -0.310. The third kappa shape index (κ3) is 2.66. The summed E-state index contributed by atoms with van der Waals surface area (Å²) >= 11 is 0. The van der Waals surface area contributed by atoms with Crippen molar-refractivity contribution in [3.05, 3.63) is 29.6 Å². The Labute approximate surface area is 108 Å². The van der Waals surface area contributed by atoms with Crippen LogP contribution in [0.4, 0.5) is 10.1 Å². The van der Waals surface area contributed by atoms with Gasteiger partial charge in [-0.2, -0.15) is 0 Å². The van der Waals surface area contributed by atoms with E-state index in [2.05, 4.69) is 5.32 Å². The van der Waals surface area contributed by atoms with Gasteiger partial charge in [-0.1, -0.05) is 12.1 Å². The van der Waals surface area contributed by atoms with E-state index in [1.165, 1.54) is 31.7 Å². The van der Waals surface area contributed by atoms with Gasteiger partial charge in [-0.15, -0.1) is 0 Å². The van der Waals surface area contributed by atoms with Crippen molar-refractivity contribution in [2.45, 2.75) is 32.2 Å². The quantitative estimate of drug-likeness (QED) is 0.760. The van der Waals surface area contributed by atoms with Gasteiger partial charge in [0.1, 0.15) is 5.82 Å². The van der Waals surface area contributed by atoms with E-state index >= 15 is 0 Å². The van der Waals surface area contributed by atoms with Crippen molar-refractivity contribution in [3.63, 3.8) is 0 Å². The summed E-state index contributed by atoms with van der Waals surface area (Å²) in [5.41, 5.74) is 6.90. The van der Waals surface area contributed by atoms with E-state index in [1.54, 1.807) is 6.07 Å². The number of hydrogen-bond donors (Lipinski definition) is 2. The highest BCUT2D eigenvalue weighted by molar-refractivity contribution is 5.47. The van der Waals surface area contributed by atoms with E-state index in [0.29, 0.717) is 12.2 Å². The van der Waals surface area contributed by atoms with Gasteiger partial charge in [-0.3, -0.25) is 0 Å². The second-order valence-corrected chi connectivity index (χ2v) is 5.78. The third-order valence-corrected chi connectivity index (χ3v) is 4.29. The number of para-hydroxylation sites is 1. The minimum absolute atomic E-state index is 0.291. The molecule has 3 N–H and O–H groups in total. The predicted octanol–water partition coefficient (Wildman–Crippen LogP) is 2.93. The zero-order valence-corrected chi connectivity index (χ0v) is 10.7. The minimum Gasteiger partial charge on any atom is -0.396 e. The Morgan fingerprint density at radius 1 is 1.22 bits per heavy atom. The first-order valence-electron chi connectivity index (χ1n) is 6.99. The van der Waals surface area contributed by atoms with Crippen molar-refractivity contribution in [2.75, 3.05) is 12.3 Å². The molecular weight excluding hydrogens is 227 g/mol. The summed E-state index contributed by atoms with van der Waals surface area (Å²) in [5.74, 6) is 2.44. The zero-order chi connectivity index (χ0) is 12.5. The van der Waals surface area contributed by atoms with E-state index in [9.17, 15) is 4.39 Å². The highest BCUT2D eigenvalue weighted by Gasteiger charge is 2.40. The van der Waals surface area contributed by atoms with Crippen molar-refractivity contribution in [2.24, 2.45) is 17.8 Å². The molecule has 0 spiro atoms. The third-order valence-electron chi connectivity index (χ3n) is 4.29. The summed E-state index contributed by atoms with van der Waals surface area (Å²) in [6, 6.07) is 5.03. The molecule has 3 heteroatoms. The Hall–Kier alpha value is -1.09. The van der Waals surface area contributed by atoms with E-state index in [0.717, 1.165) is 29.9 Å². The fourth-order valence-electron chi connectivity index (χ4n) is 2.88. The maximum atomic E-state index is 13.3. The zero-order valence-electron chi connectivity index (χ0n) is 10.7. The number of nitrogens with one attached hydrogen (secondary N) is 1. The maximum Gasteiger partial charge on any atom is 0.146 e. The second-order valence-electron chi connectivity index (χ2n) is 5.78. The van der Waals surface area contributed by atoms with Crippen LogP contribution in [0.3, 0.4) is 0 Å². The van der Waals surface area contributed by atoms with Crippen LogP contribution in [-0.4, -0.2) is 6.54 Å². The van der Waals surface area contributed by atoms with Gasteiger partial charge in [-0.25, -0.2) is 4.39 Å². The Morgan fingerprint density at radius 2 is 1.89 bits per heavy atom. The van der Waals surface area contributed by atoms with Gasteiger partial charge in [0.15, 0.2) is 0 Å². The van der Waals surface area contributed by atoms with Crippen LogP contribution in [0, 0.1) is 23.6 Å². The summed E-state index contributed by atoms with van der Waals surface area (Å²) in [6.45, 7) is 1.74. The van der Waals surface area contributed by atoms with Crippen LogP contribution in [0.15, 0.2) is 18.2 Å². The van der Waals surface area contributed by atoms with Gasteiger partial charge in [0, 0.05) is 6.54 Å². The molecule has 0 radical (unpaired) electrons. The molecule has 2 saturated carbocycles. The molecule has 3 rings (SSSR count). The summed E-state index contributed by atoms with van der Waals surface area (Å²) in [7, 11) is 0. The highest BCUT2D eigenvalue weighted by Crippen LogP contribution is 2.48. The Kier molecular flexibility index (Phi) is 3.25. The number of rotatable bonds is 6. The van der Waals surface area contributed by atoms with Crippen molar-refractivity contribution in [1.29, 1.82) is 0 Å². The average molecular weight is 248 g/mol. The molecule has 0 heterocycles. The van der Waals surface area contributed by atoms with Crippen LogP contribution < -0.4 is 11.1 Å². The van der Waals surface area contributed by atoms with E-state index in [1.807, 2.05) is 6.07 Å². The average Bonchev–Trinajstić information content (AvgIpc) is 3.23. The number of nitrogens with two attached hydrogens (primary N) is 1. The number of benzene rings is 1. The molecule has 18 heavy (non-hydrogen) atoms. The van der Waals surface area contributed by atoms with Crippen LogP contribution in [0.2, 0.25) is 0 Å². The predicted molar refractivity (Wildman–Crippen MR) is 71.5 cm³/mol. The number of hydrogen-bond acceptors (Lipinski definition) is 2. The van der Waals surface area contributed by atoms with E-state index in [4.69, 9.17) is 5.73 Å². The molecule has 2 fully saturated rings. The van der Waals surface area contributed by atoms with Crippen molar-refractivity contribution in [1.82, 2.24) is 5.32 Å². The largest absolute Gasteiger partial charge is 0.396 e. The molecule has 0 unspecified atom stereocenters. The Balaban J connectivity index is 1.52. The van der Waals surface area contributed by atoms with Gasteiger partial charge in [-0.05, 0) is 61.6 Å². The summed E-state index contributed by atoms with van der Waals surface area (Å²) in [5, 5.41) is 3.47. The summed E-state index contributed by atoms with van der Waals surface area (Å²) in [6.07, 6.45) is 5.63. The second kappa shape index (κ2) is 4.88. The topological polar surface area (TPSA) is 38.0 Å². The molecule has 98 valence electrons. The van der Waals surface area contributed by atoms with Gasteiger partial charge in [0.2, 0.25) is 0 Å². The van der Waals surface area contributed by atoms with Crippen LogP contribution in [0.25, 0.3) is 0 Å². The molecule has 0 aliphatic heterocycles. The van der Waals surface area contributed by atoms with Crippen molar-refractivity contribution >= 4 is 5.69 Å². The van der Waals surface area contributed by atoms with E-state index < -0.39 is 0 Å². The molecule has 1 aromatic carbocycles. The molecule has 0 saturated heterocycles. The lowest BCUT2D eigenvalue weighted by Crippen LogP contribution is -2.25. The molecule has 1 aromatic rings. The first-order chi connectivity index (χ1) is 8.75. The lowest BCUT2D eigenvalue weighted by atomic mass is 9.98. The van der Waals surface area contributed by atoms with Crippen molar-refractivity contribution in [3.8, 4) is 0 Å². The van der Waals surface area contributed by atoms with Crippen LogP contribution in [-0.2, 0) is 6.54 Å². The highest BCUT2D eigenvalue weighted by atomic mass is 19.1. The number of halogens is 1. The SMILES string of the molecule is Nc1c(F)cccc1CNCC(C1CC1)C1CC1. The molecule has 0 amide bonds. The Bertz CT molecular complexity index is 413. The van der Waals surface area contributed by atoms with E-state index in [-0.39, 0.29) is 5.82 Å². The molecule has 0 bridgehead atoms. The van der Waals surface area contributed by atoms with Gasteiger partial charge in [0.05, 0.1) is 5.69 Å². The smallest absolute Gasteiger partial charge is 0.146 e. The molecule has 2 aliphatic rings. The lowest BCUT2D eigenvalue weighted by molar-refractivity contribution is 0.378. The number of anilines is 1. The van der Waals surface area contributed by atoms with Crippen LogP contribution in [0.1, 0.15) is 31.2 Å². The first kappa shape index (κ1) is 12.0. The molecule has 0 atom stereocenters. The van der Waals surface area contributed by atoms with Gasteiger partial charge in [0.25, 0.3) is 0 Å². The first-order valence-corrected chi connectivity index (χ1v) is 6.99. The molecule has 0 aromatic heterocycles. The van der Waals surface area contributed by atoms with Crippen molar-refractivity contribution < 1.29 is 4.39 Å². The fourth-order valence-corrected chi connectivity index (χ4v) is 2.88. The van der Waals surface area contributed by atoms with Gasteiger partial charge >= 0.3 is 0 Å². The van der Waals surface area contributed by atoms with Crippen LogP contribution in [0.5, 0.6) is 0 Å². The maximum absolute atomic E-state index is 13.3. The summed E-state index contributed by atoms with van der Waals surface area (Å²) < 4.78 is 13.3. The standard InChI is InChI=1S/C15H21FN2/c16-14-3-1-2-12(15(14)17)8-18-9-13(10-4-5-10)11-6-7-11/h1-3,10-11,13,18H,4-9,17H2. The normalized spacial score (nSPS) is 19.4. The molecule has 2 nitrogen and oxygen atoms in total. The monoisotopic (exact) mass is 248 g/mol. The molecular formula is C15H21FN2. The number of nitrogen functional groups attached to an aromatic ring is 1.